The van der Waals surface area contributed by atoms with E-state index in [4.69, 9.17) is 10.5 Å². The van der Waals surface area contributed by atoms with Crippen molar-refractivity contribution in [1.29, 1.82) is 0 Å². The Hall–Kier alpha value is -4.27. The summed E-state index contributed by atoms with van der Waals surface area (Å²) in [4.78, 5) is 24.7. The number of rotatable bonds is 7. The molecule has 4 aromatic rings. The second kappa shape index (κ2) is 8.62. The zero-order valence-electron chi connectivity index (χ0n) is 16.6. The molecular weight excluding hydrogens is 399 g/mol. The van der Waals surface area contributed by atoms with Gasteiger partial charge in [0.1, 0.15) is 34.7 Å². The number of ether oxygens (including phenoxy) is 1. The topological polar surface area (TPSA) is 108 Å². The monoisotopic (exact) mass is 418 g/mol. The smallest absolute Gasteiger partial charge is 0.267 e. The molecule has 1 amide bonds. The van der Waals surface area contributed by atoms with Gasteiger partial charge in [0.15, 0.2) is 5.82 Å². The highest BCUT2D eigenvalue weighted by atomic mass is 19.1. The van der Waals surface area contributed by atoms with E-state index in [1.54, 1.807) is 42.6 Å². The molecule has 0 saturated heterocycles. The number of hydrogen-bond donors (Lipinski definition) is 2. The first-order valence-corrected chi connectivity index (χ1v) is 9.41. The van der Waals surface area contributed by atoms with E-state index in [0.717, 1.165) is 5.82 Å². The van der Waals surface area contributed by atoms with Crippen LogP contribution >= 0.6 is 0 Å². The maximum Gasteiger partial charge on any atom is 0.267 e. The summed E-state index contributed by atoms with van der Waals surface area (Å²) < 4.78 is 20.6. The Bertz CT molecular complexity index is 1210. The Morgan fingerprint density at radius 3 is 2.39 bits per heavy atom. The van der Waals surface area contributed by atoms with Gasteiger partial charge in [-0.05, 0) is 48.5 Å². The van der Waals surface area contributed by atoms with Gasteiger partial charge < -0.3 is 20.4 Å². The molecule has 2 aromatic heterocycles. The first-order chi connectivity index (χ1) is 15.0. The minimum absolute atomic E-state index is 0.0963. The lowest BCUT2D eigenvalue weighted by Gasteiger charge is -2.10. The predicted molar refractivity (Wildman–Crippen MR) is 113 cm³/mol. The number of halogens is 1. The highest BCUT2D eigenvalue weighted by Gasteiger charge is 2.12. The van der Waals surface area contributed by atoms with Crippen molar-refractivity contribution in [2.24, 2.45) is 12.8 Å². The standard InChI is InChI=1S/C22H19FN6O2/c1-29-11-10-25-20(29)13-26-19-12-18(21(24)30)27-22(28-19)14-2-6-16(7-3-14)31-17-8-4-15(23)5-9-17/h2-12H,13H2,1H3,(H2,24,30)(H,26,27,28). The molecule has 0 aliphatic heterocycles. The van der Waals surface area contributed by atoms with E-state index in [9.17, 15) is 9.18 Å². The average Bonchev–Trinajstić information content (AvgIpc) is 3.19. The number of anilines is 1. The van der Waals surface area contributed by atoms with Crippen molar-refractivity contribution in [3.05, 3.63) is 84.3 Å². The quantitative estimate of drug-likeness (QED) is 0.475. The number of carbonyl (C=O) groups excluding carboxylic acids is 1. The Morgan fingerprint density at radius 1 is 1.10 bits per heavy atom. The molecule has 0 bridgehead atoms. The molecule has 0 saturated carbocycles. The van der Waals surface area contributed by atoms with Crippen LogP contribution < -0.4 is 15.8 Å². The summed E-state index contributed by atoms with van der Waals surface area (Å²) in [6.45, 7) is 0.419. The molecule has 0 spiro atoms. The molecule has 8 nitrogen and oxygen atoms in total. The van der Waals surface area contributed by atoms with Crippen molar-refractivity contribution in [1.82, 2.24) is 19.5 Å². The number of carbonyl (C=O) groups is 1. The minimum atomic E-state index is -0.653. The van der Waals surface area contributed by atoms with Crippen LogP contribution in [-0.2, 0) is 13.6 Å². The van der Waals surface area contributed by atoms with Crippen LogP contribution in [0, 0.1) is 5.82 Å². The summed E-state index contributed by atoms with van der Waals surface area (Å²) in [6.07, 6.45) is 3.54. The number of nitrogens with two attached hydrogens (primary N) is 1. The minimum Gasteiger partial charge on any atom is -0.457 e. The Labute approximate surface area is 177 Å². The lowest BCUT2D eigenvalue weighted by atomic mass is 10.2. The molecule has 9 heteroatoms. The highest BCUT2D eigenvalue weighted by molar-refractivity contribution is 5.92. The van der Waals surface area contributed by atoms with Gasteiger partial charge in [-0.1, -0.05) is 0 Å². The van der Waals surface area contributed by atoms with Crippen molar-refractivity contribution < 1.29 is 13.9 Å². The van der Waals surface area contributed by atoms with E-state index < -0.39 is 5.91 Å². The lowest BCUT2D eigenvalue weighted by Crippen LogP contribution is -2.15. The second-order valence-electron chi connectivity index (χ2n) is 6.71. The molecule has 4 rings (SSSR count). The highest BCUT2D eigenvalue weighted by Crippen LogP contribution is 2.25. The molecule has 3 N–H and O–H groups in total. The molecule has 0 fully saturated rings. The van der Waals surface area contributed by atoms with Gasteiger partial charge in [-0.2, -0.15) is 0 Å². The van der Waals surface area contributed by atoms with Crippen LogP contribution in [0.1, 0.15) is 16.3 Å². The van der Waals surface area contributed by atoms with Crippen LogP contribution in [0.15, 0.2) is 67.0 Å². The third-order valence-electron chi connectivity index (χ3n) is 4.49. The Morgan fingerprint density at radius 2 is 1.77 bits per heavy atom. The van der Waals surface area contributed by atoms with Crippen molar-refractivity contribution >= 4 is 11.7 Å². The summed E-state index contributed by atoms with van der Waals surface area (Å²) in [7, 11) is 1.89. The van der Waals surface area contributed by atoms with Gasteiger partial charge in [0.05, 0.1) is 6.54 Å². The van der Waals surface area contributed by atoms with Crippen molar-refractivity contribution in [3.63, 3.8) is 0 Å². The largest absolute Gasteiger partial charge is 0.457 e. The van der Waals surface area contributed by atoms with Crippen molar-refractivity contribution in [2.75, 3.05) is 5.32 Å². The molecular formula is C22H19FN6O2. The number of primary amides is 1. The molecule has 0 aliphatic rings. The van der Waals surface area contributed by atoms with E-state index >= 15 is 0 Å². The fourth-order valence-electron chi connectivity index (χ4n) is 2.84. The normalized spacial score (nSPS) is 10.6. The molecule has 156 valence electrons. The van der Waals surface area contributed by atoms with E-state index in [0.29, 0.717) is 35.2 Å². The summed E-state index contributed by atoms with van der Waals surface area (Å²) >= 11 is 0. The lowest BCUT2D eigenvalue weighted by molar-refractivity contribution is 0.0995. The zero-order chi connectivity index (χ0) is 21.8. The van der Waals surface area contributed by atoms with Crippen molar-refractivity contribution in [2.45, 2.75) is 6.54 Å². The van der Waals surface area contributed by atoms with Crippen LogP contribution in [0.5, 0.6) is 11.5 Å². The number of aryl methyl sites for hydroxylation is 1. The second-order valence-corrected chi connectivity index (χ2v) is 6.71. The number of amides is 1. The van der Waals surface area contributed by atoms with Gasteiger partial charge in [0.25, 0.3) is 5.91 Å². The maximum absolute atomic E-state index is 13.0. The molecule has 2 aromatic carbocycles. The van der Waals surface area contributed by atoms with E-state index in [1.807, 2.05) is 17.8 Å². The number of nitrogens with zero attached hydrogens (tertiary/aromatic N) is 4. The van der Waals surface area contributed by atoms with E-state index in [1.165, 1.54) is 18.2 Å². The van der Waals surface area contributed by atoms with Crippen LogP contribution in [0.25, 0.3) is 11.4 Å². The van der Waals surface area contributed by atoms with E-state index in [2.05, 4.69) is 20.3 Å². The number of nitrogens with one attached hydrogen (secondary N) is 1. The third kappa shape index (κ3) is 4.84. The average molecular weight is 418 g/mol. The van der Waals surface area contributed by atoms with Gasteiger partial charge in [-0.25, -0.2) is 19.3 Å². The summed E-state index contributed by atoms with van der Waals surface area (Å²) in [5.41, 5.74) is 6.22. The SMILES string of the molecule is Cn1ccnc1CNc1cc(C(N)=O)nc(-c2ccc(Oc3ccc(F)cc3)cc2)n1. The molecule has 2 heterocycles. The molecule has 0 atom stereocenters. The van der Waals surface area contributed by atoms with Crippen molar-refractivity contribution in [3.8, 4) is 22.9 Å². The summed E-state index contributed by atoms with van der Waals surface area (Å²) in [5.74, 6) is 1.70. The Kier molecular flexibility index (Phi) is 5.57. The zero-order valence-corrected chi connectivity index (χ0v) is 16.6. The number of imidazole rings is 1. The van der Waals surface area contributed by atoms with Crippen LogP contribution in [0.2, 0.25) is 0 Å². The fourth-order valence-corrected chi connectivity index (χ4v) is 2.84. The van der Waals surface area contributed by atoms with Gasteiger partial charge in [0.2, 0.25) is 0 Å². The predicted octanol–water partition coefficient (Wildman–Crippen LogP) is 3.52. The van der Waals surface area contributed by atoms with Crippen LogP contribution in [0.4, 0.5) is 10.2 Å². The molecule has 0 radical (unpaired) electrons. The third-order valence-corrected chi connectivity index (χ3v) is 4.49. The summed E-state index contributed by atoms with van der Waals surface area (Å²) in [6, 6.07) is 14.2. The fraction of sp³-hybridized carbons (Fsp3) is 0.0909. The summed E-state index contributed by atoms with van der Waals surface area (Å²) in [5, 5.41) is 3.14. The van der Waals surface area contributed by atoms with Gasteiger partial charge in [-0.15, -0.1) is 0 Å². The van der Waals surface area contributed by atoms with E-state index in [-0.39, 0.29) is 11.5 Å². The van der Waals surface area contributed by atoms with Crippen LogP contribution in [-0.4, -0.2) is 25.4 Å². The first-order valence-electron chi connectivity index (χ1n) is 9.41. The van der Waals surface area contributed by atoms with Crippen LogP contribution in [0.3, 0.4) is 0 Å². The number of aromatic nitrogens is 4. The Balaban J connectivity index is 1.55. The molecule has 0 unspecified atom stereocenters. The number of hydrogen-bond acceptors (Lipinski definition) is 6. The van der Waals surface area contributed by atoms with Gasteiger partial charge in [0, 0.05) is 31.1 Å². The van der Waals surface area contributed by atoms with Gasteiger partial charge in [-0.3, -0.25) is 4.79 Å². The molecule has 31 heavy (non-hydrogen) atoms. The van der Waals surface area contributed by atoms with Gasteiger partial charge >= 0.3 is 0 Å². The maximum atomic E-state index is 13.0. The first kappa shape index (κ1) is 20.0. The number of benzene rings is 2. The molecule has 0 aliphatic carbocycles.